The van der Waals surface area contributed by atoms with E-state index in [2.05, 4.69) is 20.6 Å². The van der Waals surface area contributed by atoms with Gasteiger partial charge in [-0.3, -0.25) is 4.98 Å². The smallest absolute Gasteiger partial charge is 0.191 e. The first-order chi connectivity index (χ1) is 12.6. The fraction of sp³-hybridized carbons (Fsp3) is 0.400. The first kappa shape index (κ1) is 23.0. The highest BCUT2D eigenvalue weighted by atomic mass is 127. The average Bonchev–Trinajstić information content (AvgIpc) is 2.65. The van der Waals surface area contributed by atoms with E-state index < -0.39 is 0 Å². The second-order valence-corrected chi connectivity index (χ2v) is 5.95. The Hall–Kier alpha value is -2.03. The van der Waals surface area contributed by atoms with Crippen LogP contribution in [0.1, 0.15) is 25.1 Å². The molecule has 27 heavy (non-hydrogen) atoms. The minimum atomic E-state index is -0.0254. The topological polar surface area (TPSA) is 67.8 Å². The number of aliphatic imine (C=N–C) groups is 1. The Balaban J connectivity index is 0.00000364. The summed E-state index contributed by atoms with van der Waals surface area (Å²) in [5.74, 6) is 2.31. The fourth-order valence-electron chi connectivity index (χ4n) is 2.37. The van der Waals surface area contributed by atoms with Crippen molar-refractivity contribution in [3.05, 3.63) is 53.9 Å². The third-order valence-corrected chi connectivity index (χ3v) is 3.78. The van der Waals surface area contributed by atoms with E-state index in [0.29, 0.717) is 13.1 Å². The Labute approximate surface area is 178 Å². The third kappa shape index (κ3) is 8.03. The van der Waals surface area contributed by atoms with Crippen molar-refractivity contribution in [2.24, 2.45) is 4.99 Å². The number of halogens is 1. The Morgan fingerprint density at radius 2 is 1.96 bits per heavy atom. The molecule has 6 nitrogen and oxygen atoms in total. The van der Waals surface area contributed by atoms with Crippen LogP contribution in [0.2, 0.25) is 0 Å². The van der Waals surface area contributed by atoms with Crippen molar-refractivity contribution < 1.29 is 9.47 Å². The van der Waals surface area contributed by atoms with Crippen LogP contribution in [-0.2, 0) is 6.54 Å². The number of nitrogens with zero attached hydrogens (tertiary/aromatic N) is 2. The highest BCUT2D eigenvalue weighted by Gasteiger charge is 2.07. The highest BCUT2D eigenvalue weighted by Crippen LogP contribution is 2.19. The number of methoxy groups -OCH3 is 1. The van der Waals surface area contributed by atoms with E-state index in [1.54, 1.807) is 13.3 Å². The van der Waals surface area contributed by atoms with Gasteiger partial charge < -0.3 is 20.1 Å². The third-order valence-electron chi connectivity index (χ3n) is 3.78. The van der Waals surface area contributed by atoms with Crippen LogP contribution in [0.25, 0.3) is 0 Å². The number of aryl methyl sites for hydroxylation is 1. The Morgan fingerprint density at radius 1 is 1.19 bits per heavy atom. The lowest BCUT2D eigenvalue weighted by atomic mass is 10.2. The quantitative estimate of drug-likeness (QED) is 0.341. The van der Waals surface area contributed by atoms with Crippen molar-refractivity contribution in [1.82, 2.24) is 15.6 Å². The van der Waals surface area contributed by atoms with E-state index in [-0.39, 0.29) is 30.1 Å². The highest BCUT2D eigenvalue weighted by molar-refractivity contribution is 14.0. The molecule has 0 amide bonds. The first-order valence-corrected chi connectivity index (χ1v) is 8.85. The summed E-state index contributed by atoms with van der Waals surface area (Å²) in [6.45, 7) is 8.05. The van der Waals surface area contributed by atoms with Gasteiger partial charge in [0, 0.05) is 18.8 Å². The van der Waals surface area contributed by atoms with Gasteiger partial charge in [0.1, 0.15) is 17.6 Å². The molecule has 1 heterocycles. The van der Waals surface area contributed by atoms with Gasteiger partial charge >= 0.3 is 0 Å². The van der Waals surface area contributed by atoms with Crippen molar-refractivity contribution in [2.75, 3.05) is 20.2 Å². The van der Waals surface area contributed by atoms with Crippen molar-refractivity contribution in [2.45, 2.75) is 33.4 Å². The maximum absolute atomic E-state index is 5.93. The largest absolute Gasteiger partial charge is 0.497 e. The van der Waals surface area contributed by atoms with E-state index in [9.17, 15) is 0 Å². The van der Waals surface area contributed by atoms with Crippen LogP contribution in [0, 0.1) is 6.92 Å². The molecule has 1 aromatic carbocycles. The summed E-state index contributed by atoms with van der Waals surface area (Å²) in [6.07, 6.45) is 1.77. The van der Waals surface area contributed by atoms with E-state index in [4.69, 9.17) is 9.47 Å². The van der Waals surface area contributed by atoms with Gasteiger partial charge in [0.25, 0.3) is 0 Å². The molecule has 2 N–H and O–H groups in total. The summed E-state index contributed by atoms with van der Waals surface area (Å²) >= 11 is 0. The molecule has 148 valence electrons. The number of ether oxygens (including phenoxy) is 2. The van der Waals surface area contributed by atoms with Gasteiger partial charge in [0.05, 0.1) is 25.9 Å². The number of pyridine rings is 1. The van der Waals surface area contributed by atoms with Crippen LogP contribution < -0.4 is 20.1 Å². The van der Waals surface area contributed by atoms with Gasteiger partial charge in [0.15, 0.2) is 5.96 Å². The van der Waals surface area contributed by atoms with Gasteiger partial charge in [0.2, 0.25) is 0 Å². The summed E-state index contributed by atoms with van der Waals surface area (Å²) in [6, 6.07) is 11.6. The zero-order valence-electron chi connectivity index (χ0n) is 16.4. The molecule has 1 unspecified atom stereocenters. The van der Waals surface area contributed by atoms with Crippen LogP contribution in [0.4, 0.5) is 0 Å². The Kier molecular flexibility index (Phi) is 10.5. The number of hydrogen-bond donors (Lipinski definition) is 2. The molecule has 0 fully saturated rings. The Bertz CT molecular complexity index is 725. The summed E-state index contributed by atoms with van der Waals surface area (Å²) in [7, 11) is 1.65. The maximum Gasteiger partial charge on any atom is 0.191 e. The molecule has 7 heteroatoms. The summed E-state index contributed by atoms with van der Waals surface area (Å²) < 4.78 is 11.1. The minimum absolute atomic E-state index is 0. The first-order valence-electron chi connectivity index (χ1n) is 8.85. The molecule has 0 bridgehead atoms. The lowest BCUT2D eigenvalue weighted by molar-refractivity contribution is 0.223. The molecule has 0 aliphatic rings. The summed E-state index contributed by atoms with van der Waals surface area (Å²) in [5, 5.41) is 6.56. The molecular formula is C20H29IN4O2. The molecule has 2 rings (SSSR count). The standard InChI is InChI=1S/C20H28N4O2.HI/c1-5-21-20(24-14-19-15(2)8-7-11-22-19)23-13-16(3)26-18-10-6-9-17(12-18)25-4;/h6-12,16H,5,13-14H2,1-4H3,(H2,21,23,24);1H. The zero-order chi connectivity index (χ0) is 18.8. The number of nitrogens with one attached hydrogen (secondary N) is 2. The van der Waals surface area contributed by atoms with Gasteiger partial charge in [-0.25, -0.2) is 4.99 Å². The number of benzene rings is 1. The summed E-state index contributed by atoms with van der Waals surface area (Å²) in [5.41, 5.74) is 2.12. The van der Waals surface area contributed by atoms with Crippen LogP contribution in [0.15, 0.2) is 47.6 Å². The van der Waals surface area contributed by atoms with Crippen molar-refractivity contribution in [3.63, 3.8) is 0 Å². The van der Waals surface area contributed by atoms with E-state index in [1.807, 2.05) is 57.2 Å². The van der Waals surface area contributed by atoms with Crippen LogP contribution >= 0.6 is 24.0 Å². The molecule has 1 atom stereocenters. The molecule has 1 aromatic heterocycles. The van der Waals surface area contributed by atoms with Gasteiger partial charge in [-0.1, -0.05) is 12.1 Å². The predicted octanol–water partition coefficient (Wildman–Crippen LogP) is 3.54. The lowest BCUT2D eigenvalue weighted by Gasteiger charge is -2.18. The van der Waals surface area contributed by atoms with E-state index >= 15 is 0 Å². The SMILES string of the molecule is CCNC(=NCc1ncccc1C)NCC(C)Oc1cccc(OC)c1.I. The monoisotopic (exact) mass is 484 g/mol. The van der Waals surface area contributed by atoms with Gasteiger partial charge in [-0.15, -0.1) is 24.0 Å². The molecule has 0 aliphatic carbocycles. The maximum atomic E-state index is 5.93. The lowest BCUT2D eigenvalue weighted by Crippen LogP contribution is -2.41. The minimum Gasteiger partial charge on any atom is -0.497 e. The number of hydrogen-bond acceptors (Lipinski definition) is 4. The fourth-order valence-corrected chi connectivity index (χ4v) is 2.37. The number of aromatic nitrogens is 1. The van der Waals surface area contributed by atoms with Crippen LogP contribution in [0.5, 0.6) is 11.5 Å². The Morgan fingerprint density at radius 3 is 2.67 bits per heavy atom. The molecule has 0 aliphatic heterocycles. The zero-order valence-corrected chi connectivity index (χ0v) is 18.7. The normalized spacial score (nSPS) is 11.9. The molecule has 0 spiro atoms. The van der Waals surface area contributed by atoms with E-state index in [1.165, 1.54) is 0 Å². The second-order valence-electron chi connectivity index (χ2n) is 5.95. The molecule has 0 saturated carbocycles. The van der Waals surface area contributed by atoms with Gasteiger partial charge in [-0.2, -0.15) is 0 Å². The van der Waals surface area contributed by atoms with Crippen molar-refractivity contribution in [3.8, 4) is 11.5 Å². The van der Waals surface area contributed by atoms with Crippen molar-refractivity contribution in [1.29, 1.82) is 0 Å². The van der Waals surface area contributed by atoms with Gasteiger partial charge in [-0.05, 0) is 44.5 Å². The molecule has 0 saturated heterocycles. The molecule has 2 aromatic rings. The molecular weight excluding hydrogens is 455 g/mol. The average molecular weight is 484 g/mol. The van der Waals surface area contributed by atoms with Crippen LogP contribution in [-0.4, -0.2) is 37.2 Å². The molecule has 0 radical (unpaired) electrons. The van der Waals surface area contributed by atoms with Crippen LogP contribution in [0.3, 0.4) is 0 Å². The number of rotatable bonds is 8. The predicted molar refractivity (Wildman–Crippen MR) is 120 cm³/mol. The number of guanidine groups is 1. The van der Waals surface area contributed by atoms with E-state index in [0.717, 1.165) is 35.3 Å². The second kappa shape index (κ2) is 12.4. The van der Waals surface area contributed by atoms with Crippen molar-refractivity contribution >= 4 is 29.9 Å². The summed E-state index contributed by atoms with van der Waals surface area (Å²) in [4.78, 5) is 8.99.